The van der Waals surface area contributed by atoms with Gasteiger partial charge >= 0.3 is 5.97 Å². The van der Waals surface area contributed by atoms with E-state index >= 15 is 0 Å². The van der Waals surface area contributed by atoms with E-state index in [4.69, 9.17) is 33.0 Å². The Morgan fingerprint density at radius 1 is 1.41 bits per heavy atom. The minimum absolute atomic E-state index is 0.0399. The Kier molecular flexibility index (Phi) is 4.66. The number of rotatable bonds is 5. The van der Waals surface area contributed by atoms with Crippen molar-refractivity contribution in [2.24, 2.45) is 5.41 Å². The minimum Gasteiger partial charge on any atom is -0.491 e. The van der Waals surface area contributed by atoms with Gasteiger partial charge in [-0.1, -0.05) is 37.0 Å². The van der Waals surface area contributed by atoms with Gasteiger partial charge in [0.1, 0.15) is 5.75 Å². The van der Waals surface area contributed by atoms with Crippen molar-refractivity contribution in [3.8, 4) is 5.75 Å². The molecule has 94 valence electrons. The van der Waals surface area contributed by atoms with Gasteiger partial charge in [-0.15, -0.1) is 0 Å². The van der Waals surface area contributed by atoms with Crippen molar-refractivity contribution in [3.05, 3.63) is 28.2 Å². The van der Waals surface area contributed by atoms with Gasteiger partial charge in [0.25, 0.3) is 0 Å². The number of carboxylic acid groups (broad SMARTS) is 1. The van der Waals surface area contributed by atoms with Crippen molar-refractivity contribution in [1.29, 1.82) is 0 Å². The number of carboxylic acids is 1. The van der Waals surface area contributed by atoms with Gasteiger partial charge in [0.2, 0.25) is 0 Å². The third-order valence-electron chi connectivity index (χ3n) is 2.14. The fraction of sp³-hybridized carbons (Fsp3) is 0.417. The standard InChI is InChI=1S/C12H14Cl2O3/c1-12(2,6-11(15)16)7-17-10-4-3-8(13)5-9(10)14/h3-5H,6-7H2,1-2H3,(H,15,16). The maximum Gasteiger partial charge on any atom is 0.304 e. The Labute approximate surface area is 110 Å². The molecule has 0 fully saturated rings. The van der Waals surface area contributed by atoms with E-state index in [1.54, 1.807) is 18.2 Å². The molecule has 0 amide bonds. The summed E-state index contributed by atoms with van der Waals surface area (Å²) in [6, 6.07) is 4.93. The van der Waals surface area contributed by atoms with E-state index in [1.165, 1.54) is 0 Å². The first-order valence-corrected chi connectivity index (χ1v) is 5.85. The van der Waals surface area contributed by atoms with Crippen LogP contribution in [0, 0.1) is 5.41 Å². The van der Waals surface area contributed by atoms with Crippen LogP contribution in [-0.2, 0) is 4.79 Å². The van der Waals surface area contributed by atoms with Gasteiger partial charge in [0.05, 0.1) is 18.1 Å². The maximum atomic E-state index is 10.6. The number of hydrogen-bond acceptors (Lipinski definition) is 2. The molecule has 0 atom stereocenters. The van der Waals surface area contributed by atoms with Crippen molar-refractivity contribution in [3.63, 3.8) is 0 Å². The van der Waals surface area contributed by atoms with Gasteiger partial charge in [0, 0.05) is 10.4 Å². The lowest BCUT2D eigenvalue weighted by Gasteiger charge is -2.22. The molecule has 0 bridgehead atoms. The molecule has 0 spiro atoms. The van der Waals surface area contributed by atoms with E-state index in [2.05, 4.69) is 0 Å². The molecule has 1 aromatic carbocycles. The van der Waals surface area contributed by atoms with Crippen LogP contribution in [-0.4, -0.2) is 17.7 Å². The summed E-state index contributed by atoms with van der Waals surface area (Å²) in [5.74, 6) is -0.338. The molecule has 1 aromatic rings. The summed E-state index contributed by atoms with van der Waals surface area (Å²) in [5, 5.41) is 9.69. The zero-order valence-corrected chi connectivity index (χ0v) is 11.2. The molecule has 17 heavy (non-hydrogen) atoms. The number of ether oxygens (including phenoxy) is 1. The van der Waals surface area contributed by atoms with E-state index in [1.807, 2.05) is 13.8 Å². The molecule has 1 rings (SSSR count). The number of hydrogen-bond donors (Lipinski definition) is 1. The van der Waals surface area contributed by atoms with Crippen molar-refractivity contribution < 1.29 is 14.6 Å². The molecule has 0 heterocycles. The fourth-order valence-corrected chi connectivity index (χ4v) is 1.79. The lowest BCUT2D eigenvalue weighted by atomic mass is 9.91. The van der Waals surface area contributed by atoms with E-state index in [-0.39, 0.29) is 13.0 Å². The first-order valence-electron chi connectivity index (χ1n) is 5.10. The molecule has 3 nitrogen and oxygen atoms in total. The average molecular weight is 277 g/mol. The summed E-state index contributed by atoms with van der Waals surface area (Å²) >= 11 is 11.7. The average Bonchev–Trinajstić information content (AvgIpc) is 2.14. The van der Waals surface area contributed by atoms with Crippen LogP contribution in [0.5, 0.6) is 5.75 Å². The third-order valence-corrected chi connectivity index (χ3v) is 2.67. The molecule has 0 unspecified atom stereocenters. The van der Waals surface area contributed by atoms with Crippen molar-refractivity contribution >= 4 is 29.2 Å². The minimum atomic E-state index is -0.846. The second kappa shape index (κ2) is 5.61. The summed E-state index contributed by atoms with van der Waals surface area (Å²) < 4.78 is 5.50. The molecular formula is C12H14Cl2O3. The zero-order chi connectivity index (χ0) is 13.1. The van der Waals surface area contributed by atoms with Crippen molar-refractivity contribution in [2.75, 3.05) is 6.61 Å². The lowest BCUT2D eigenvalue weighted by Crippen LogP contribution is -2.24. The summed E-state index contributed by atoms with van der Waals surface area (Å²) in [5.41, 5.74) is -0.450. The highest BCUT2D eigenvalue weighted by Crippen LogP contribution is 2.29. The second-order valence-corrected chi connectivity index (χ2v) is 5.44. The summed E-state index contributed by atoms with van der Waals surface area (Å²) in [6.45, 7) is 3.93. The van der Waals surface area contributed by atoms with Gasteiger partial charge in [0.15, 0.2) is 0 Å². The second-order valence-electron chi connectivity index (χ2n) is 4.60. The van der Waals surface area contributed by atoms with Crippen LogP contribution in [0.25, 0.3) is 0 Å². The summed E-state index contributed by atoms with van der Waals surface area (Å²) in [4.78, 5) is 10.6. The maximum absolute atomic E-state index is 10.6. The van der Waals surface area contributed by atoms with Crippen LogP contribution in [0.15, 0.2) is 18.2 Å². The van der Waals surface area contributed by atoms with Gasteiger partial charge in [-0.3, -0.25) is 4.79 Å². The predicted octanol–water partition coefficient (Wildman–Crippen LogP) is 3.87. The first kappa shape index (κ1) is 14.1. The molecule has 0 radical (unpaired) electrons. The van der Waals surface area contributed by atoms with Crippen molar-refractivity contribution in [1.82, 2.24) is 0 Å². The van der Waals surface area contributed by atoms with Crippen LogP contribution in [0.1, 0.15) is 20.3 Å². The lowest BCUT2D eigenvalue weighted by molar-refractivity contribution is -0.139. The number of aliphatic carboxylic acids is 1. The van der Waals surface area contributed by atoms with Crippen molar-refractivity contribution in [2.45, 2.75) is 20.3 Å². The van der Waals surface area contributed by atoms with Gasteiger partial charge < -0.3 is 9.84 Å². The summed E-state index contributed by atoms with van der Waals surface area (Å²) in [6.07, 6.45) is 0.0399. The highest BCUT2D eigenvalue weighted by molar-refractivity contribution is 6.35. The van der Waals surface area contributed by atoms with Gasteiger partial charge in [-0.25, -0.2) is 0 Å². The molecule has 0 aliphatic carbocycles. The monoisotopic (exact) mass is 276 g/mol. The Morgan fingerprint density at radius 2 is 2.06 bits per heavy atom. The van der Waals surface area contributed by atoms with Crippen LogP contribution >= 0.6 is 23.2 Å². The number of benzene rings is 1. The predicted molar refractivity (Wildman–Crippen MR) is 68.0 cm³/mol. The quantitative estimate of drug-likeness (QED) is 0.888. The Bertz CT molecular complexity index is 416. The molecule has 1 N–H and O–H groups in total. The van der Waals surface area contributed by atoms with Gasteiger partial charge in [-0.05, 0) is 18.2 Å². The van der Waals surface area contributed by atoms with Crippen LogP contribution in [0.3, 0.4) is 0 Å². The largest absolute Gasteiger partial charge is 0.491 e. The Hall–Kier alpha value is -0.930. The van der Waals surface area contributed by atoms with Crippen LogP contribution in [0.4, 0.5) is 0 Å². The van der Waals surface area contributed by atoms with Crippen LogP contribution < -0.4 is 4.74 Å². The smallest absolute Gasteiger partial charge is 0.304 e. The molecular weight excluding hydrogens is 263 g/mol. The number of carbonyl (C=O) groups is 1. The van der Waals surface area contributed by atoms with E-state index < -0.39 is 11.4 Å². The molecule has 0 aliphatic rings. The van der Waals surface area contributed by atoms with E-state index in [9.17, 15) is 4.79 Å². The fourth-order valence-electron chi connectivity index (χ4n) is 1.33. The number of halogens is 2. The molecule has 5 heteroatoms. The topological polar surface area (TPSA) is 46.5 Å². The molecule has 0 aromatic heterocycles. The van der Waals surface area contributed by atoms with E-state index in [0.29, 0.717) is 15.8 Å². The Morgan fingerprint density at radius 3 is 2.59 bits per heavy atom. The highest BCUT2D eigenvalue weighted by atomic mass is 35.5. The SMILES string of the molecule is CC(C)(COc1ccc(Cl)cc1Cl)CC(=O)O. The molecule has 0 saturated heterocycles. The zero-order valence-electron chi connectivity index (χ0n) is 9.67. The molecule has 0 saturated carbocycles. The van der Waals surface area contributed by atoms with E-state index in [0.717, 1.165) is 0 Å². The van der Waals surface area contributed by atoms with Gasteiger partial charge in [-0.2, -0.15) is 0 Å². The molecule has 0 aliphatic heterocycles. The normalized spacial score (nSPS) is 11.3. The summed E-state index contributed by atoms with van der Waals surface area (Å²) in [7, 11) is 0. The Balaban J connectivity index is 2.64. The highest BCUT2D eigenvalue weighted by Gasteiger charge is 2.23. The van der Waals surface area contributed by atoms with Crippen LogP contribution in [0.2, 0.25) is 10.0 Å². The third kappa shape index (κ3) is 4.84. The first-order chi connectivity index (χ1) is 7.80.